The predicted octanol–water partition coefficient (Wildman–Crippen LogP) is 1.07. The van der Waals surface area contributed by atoms with Crippen LogP contribution >= 0.6 is 11.3 Å². The van der Waals surface area contributed by atoms with Crippen molar-refractivity contribution in [3.8, 4) is 5.75 Å². The summed E-state index contributed by atoms with van der Waals surface area (Å²) >= 11 is 1.09. The molecule has 0 fully saturated rings. The van der Waals surface area contributed by atoms with Crippen LogP contribution in [0.4, 0.5) is 0 Å². The number of sulfonamides is 1. The van der Waals surface area contributed by atoms with E-state index in [1.807, 2.05) is 0 Å². The van der Waals surface area contributed by atoms with Gasteiger partial charge in [-0.3, -0.25) is 4.79 Å². The van der Waals surface area contributed by atoms with Crippen LogP contribution in [0, 0.1) is 0 Å². The van der Waals surface area contributed by atoms with Crippen molar-refractivity contribution in [2.75, 3.05) is 6.54 Å². The fraction of sp³-hybridized carbons (Fsp3) is 0.154. The summed E-state index contributed by atoms with van der Waals surface area (Å²) < 4.78 is 22.4. The Morgan fingerprint density at radius 2 is 1.86 bits per heavy atom. The van der Waals surface area contributed by atoms with Crippen LogP contribution < -0.4 is 10.5 Å². The molecule has 8 heteroatoms. The van der Waals surface area contributed by atoms with Crippen molar-refractivity contribution in [2.45, 2.75) is 10.6 Å². The van der Waals surface area contributed by atoms with Gasteiger partial charge < -0.3 is 10.4 Å². The van der Waals surface area contributed by atoms with E-state index in [2.05, 4.69) is 5.32 Å². The Morgan fingerprint density at radius 1 is 1.19 bits per heavy atom. The summed E-state index contributed by atoms with van der Waals surface area (Å²) in [4.78, 5) is 12.6. The molecule has 0 spiro atoms. The standard InChI is InChI=1S/C13H14N2O4S2/c14-21(18,19)12-6-5-11(20-12)7-8-15-13(17)9-1-3-10(16)4-2-9/h1-6,16H,7-8H2,(H,15,17)(H2,14,18,19). The largest absolute Gasteiger partial charge is 0.508 e. The molecule has 1 aromatic heterocycles. The van der Waals surface area contributed by atoms with Crippen LogP contribution in [0.25, 0.3) is 0 Å². The molecule has 0 aliphatic rings. The zero-order valence-electron chi connectivity index (χ0n) is 10.9. The lowest BCUT2D eigenvalue weighted by molar-refractivity contribution is 0.0954. The van der Waals surface area contributed by atoms with Crippen molar-refractivity contribution in [1.82, 2.24) is 5.32 Å². The molecule has 6 nitrogen and oxygen atoms in total. The summed E-state index contributed by atoms with van der Waals surface area (Å²) in [5, 5.41) is 16.9. The monoisotopic (exact) mass is 326 g/mol. The molecule has 0 saturated heterocycles. The lowest BCUT2D eigenvalue weighted by atomic mass is 10.2. The quantitative estimate of drug-likeness (QED) is 0.763. The van der Waals surface area contributed by atoms with Crippen LogP contribution in [0.1, 0.15) is 15.2 Å². The highest BCUT2D eigenvalue weighted by atomic mass is 32.2. The molecule has 2 aromatic rings. The number of nitrogens with two attached hydrogens (primary N) is 1. The zero-order chi connectivity index (χ0) is 15.5. The summed E-state index contributed by atoms with van der Waals surface area (Å²) in [7, 11) is -3.66. The van der Waals surface area contributed by atoms with Gasteiger partial charge in [-0.1, -0.05) is 0 Å². The maximum Gasteiger partial charge on any atom is 0.251 e. The molecule has 1 heterocycles. The lowest BCUT2D eigenvalue weighted by Crippen LogP contribution is -2.25. The second kappa shape index (κ2) is 6.25. The first-order chi connectivity index (χ1) is 9.86. The topological polar surface area (TPSA) is 109 Å². The van der Waals surface area contributed by atoms with E-state index in [0.29, 0.717) is 18.5 Å². The average Bonchev–Trinajstić information content (AvgIpc) is 2.88. The third kappa shape index (κ3) is 4.28. The van der Waals surface area contributed by atoms with E-state index < -0.39 is 10.0 Å². The van der Waals surface area contributed by atoms with E-state index in [0.717, 1.165) is 16.2 Å². The molecule has 0 aliphatic heterocycles. The summed E-state index contributed by atoms with van der Waals surface area (Å²) in [5.41, 5.74) is 0.448. The number of benzene rings is 1. The van der Waals surface area contributed by atoms with Gasteiger partial charge in [-0.2, -0.15) is 0 Å². The number of thiophene rings is 1. The molecule has 4 N–H and O–H groups in total. The Morgan fingerprint density at radius 3 is 2.43 bits per heavy atom. The highest BCUT2D eigenvalue weighted by molar-refractivity contribution is 7.91. The van der Waals surface area contributed by atoms with E-state index >= 15 is 0 Å². The van der Waals surface area contributed by atoms with Gasteiger partial charge in [0.2, 0.25) is 10.0 Å². The Balaban J connectivity index is 1.88. The van der Waals surface area contributed by atoms with Crippen LogP contribution in [-0.2, 0) is 16.4 Å². The van der Waals surface area contributed by atoms with E-state index in [-0.39, 0.29) is 15.9 Å². The second-order valence-electron chi connectivity index (χ2n) is 4.32. The minimum Gasteiger partial charge on any atom is -0.508 e. The van der Waals surface area contributed by atoms with E-state index in [9.17, 15) is 13.2 Å². The number of phenols is 1. The highest BCUT2D eigenvalue weighted by Crippen LogP contribution is 2.20. The van der Waals surface area contributed by atoms with E-state index in [4.69, 9.17) is 10.2 Å². The minimum absolute atomic E-state index is 0.0978. The van der Waals surface area contributed by atoms with Gasteiger partial charge >= 0.3 is 0 Å². The fourth-order valence-electron chi connectivity index (χ4n) is 1.66. The molecule has 2 rings (SSSR count). The zero-order valence-corrected chi connectivity index (χ0v) is 12.6. The summed E-state index contributed by atoms with van der Waals surface area (Å²) in [6, 6.07) is 9.05. The van der Waals surface area contributed by atoms with Crippen LogP contribution in [0.15, 0.2) is 40.6 Å². The summed E-state index contributed by atoms with van der Waals surface area (Å²) in [6.07, 6.45) is 0.518. The first kappa shape index (κ1) is 15.5. The molecule has 112 valence electrons. The number of nitrogens with one attached hydrogen (secondary N) is 1. The number of hydrogen-bond donors (Lipinski definition) is 3. The molecular weight excluding hydrogens is 312 g/mol. The molecule has 0 bridgehead atoms. The lowest BCUT2D eigenvalue weighted by Gasteiger charge is -2.04. The van der Waals surface area contributed by atoms with Gasteiger partial charge in [-0.05, 0) is 42.8 Å². The van der Waals surface area contributed by atoms with Crippen molar-refractivity contribution in [1.29, 1.82) is 0 Å². The maximum atomic E-state index is 11.8. The van der Waals surface area contributed by atoms with Gasteiger partial charge in [-0.25, -0.2) is 13.6 Å². The highest BCUT2D eigenvalue weighted by Gasteiger charge is 2.11. The molecule has 0 radical (unpaired) electrons. The number of aromatic hydroxyl groups is 1. The van der Waals surface area contributed by atoms with Crippen molar-refractivity contribution in [3.05, 3.63) is 46.8 Å². The van der Waals surface area contributed by atoms with Gasteiger partial charge in [0.05, 0.1) is 0 Å². The van der Waals surface area contributed by atoms with Gasteiger partial charge in [0.1, 0.15) is 9.96 Å². The Bertz CT molecular complexity index is 736. The molecule has 1 amide bonds. The molecule has 0 aliphatic carbocycles. The summed E-state index contributed by atoms with van der Waals surface area (Å²) in [5.74, 6) is -0.154. The number of amides is 1. The smallest absolute Gasteiger partial charge is 0.251 e. The Hall–Kier alpha value is -1.90. The number of phenolic OH excluding ortho intramolecular Hbond substituents is 1. The molecule has 0 atom stereocenters. The summed E-state index contributed by atoms with van der Waals surface area (Å²) in [6.45, 7) is 0.379. The predicted molar refractivity (Wildman–Crippen MR) is 79.8 cm³/mol. The fourth-order valence-corrected chi connectivity index (χ4v) is 3.44. The molecule has 21 heavy (non-hydrogen) atoms. The SMILES string of the molecule is NS(=O)(=O)c1ccc(CCNC(=O)c2ccc(O)cc2)s1. The molecule has 1 aromatic carbocycles. The number of rotatable bonds is 5. The Kier molecular flexibility index (Phi) is 4.61. The minimum atomic E-state index is -3.66. The third-order valence-corrected chi connectivity index (χ3v) is 5.29. The van der Waals surface area contributed by atoms with Crippen LogP contribution in [-0.4, -0.2) is 26.0 Å². The van der Waals surface area contributed by atoms with E-state index in [1.54, 1.807) is 6.07 Å². The van der Waals surface area contributed by atoms with Crippen molar-refractivity contribution < 1.29 is 18.3 Å². The second-order valence-corrected chi connectivity index (χ2v) is 7.28. The first-order valence-electron chi connectivity index (χ1n) is 6.05. The first-order valence-corrected chi connectivity index (χ1v) is 8.41. The molecule has 0 saturated carbocycles. The molecular formula is C13H14N2O4S2. The molecule has 0 unspecified atom stereocenters. The van der Waals surface area contributed by atoms with Crippen LogP contribution in [0.2, 0.25) is 0 Å². The van der Waals surface area contributed by atoms with Gasteiger partial charge in [-0.15, -0.1) is 11.3 Å². The van der Waals surface area contributed by atoms with Crippen LogP contribution in [0.3, 0.4) is 0 Å². The number of primary sulfonamides is 1. The Labute approximate surface area is 126 Å². The van der Waals surface area contributed by atoms with Gasteiger partial charge in [0.15, 0.2) is 0 Å². The normalized spacial score (nSPS) is 11.3. The van der Waals surface area contributed by atoms with Gasteiger partial charge in [0, 0.05) is 17.0 Å². The maximum absolute atomic E-state index is 11.8. The van der Waals surface area contributed by atoms with Crippen molar-refractivity contribution in [2.24, 2.45) is 5.14 Å². The number of carbonyl (C=O) groups is 1. The average molecular weight is 326 g/mol. The van der Waals surface area contributed by atoms with Gasteiger partial charge in [0.25, 0.3) is 5.91 Å². The van der Waals surface area contributed by atoms with Crippen molar-refractivity contribution in [3.63, 3.8) is 0 Å². The van der Waals surface area contributed by atoms with Crippen LogP contribution in [0.5, 0.6) is 5.75 Å². The number of carbonyl (C=O) groups excluding carboxylic acids is 1. The van der Waals surface area contributed by atoms with E-state index in [1.165, 1.54) is 30.3 Å². The van der Waals surface area contributed by atoms with Crippen molar-refractivity contribution >= 4 is 27.3 Å². The number of hydrogen-bond acceptors (Lipinski definition) is 5. The third-order valence-electron chi connectivity index (χ3n) is 2.70.